The highest BCUT2D eigenvalue weighted by Crippen LogP contribution is 2.35. The van der Waals surface area contributed by atoms with E-state index in [0.717, 1.165) is 19.4 Å². The first-order valence-electron chi connectivity index (χ1n) is 8.37. The fourth-order valence-electron chi connectivity index (χ4n) is 3.50. The number of nitrogens with one attached hydrogen (secondary N) is 1. The van der Waals surface area contributed by atoms with Crippen molar-refractivity contribution in [1.82, 2.24) is 14.9 Å². The highest BCUT2D eigenvalue weighted by atomic mass is 79.9. The van der Waals surface area contributed by atoms with Gasteiger partial charge in [-0.1, -0.05) is 11.6 Å². The summed E-state index contributed by atoms with van der Waals surface area (Å²) in [6.45, 7) is 1.92. The van der Waals surface area contributed by atoms with Crippen LogP contribution in [-0.2, 0) is 11.3 Å². The van der Waals surface area contributed by atoms with Crippen LogP contribution in [0, 0.1) is 0 Å². The molecule has 2 aliphatic rings. The molecule has 0 saturated carbocycles. The number of fused-ring (bicyclic) bond motifs is 1. The van der Waals surface area contributed by atoms with Gasteiger partial charge in [-0.3, -0.25) is 9.36 Å². The number of hydrogen-bond acceptors (Lipinski definition) is 5. The van der Waals surface area contributed by atoms with Crippen LogP contribution in [0.4, 0.5) is 0 Å². The standard InChI is InChI=1S/C17H19BrClN3O3/c18-11-5-13-10(4-12(11)19)16(24)22(9-21-13)7-17(8-25-17)6-14-15(23)2-1-3-20-14/h4-5,9,14-15,20,23H,1-3,6-8H2/t14-,15+,17?/m1/s1. The van der Waals surface area contributed by atoms with Crippen LogP contribution in [0.2, 0.25) is 5.02 Å². The Kier molecular flexibility index (Phi) is 4.62. The lowest BCUT2D eigenvalue weighted by Crippen LogP contribution is -2.48. The lowest BCUT2D eigenvalue weighted by molar-refractivity contribution is 0.0754. The van der Waals surface area contributed by atoms with Gasteiger partial charge in [0.25, 0.3) is 5.56 Å². The molecule has 0 amide bonds. The number of epoxide rings is 1. The van der Waals surface area contributed by atoms with E-state index in [4.69, 9.17) is 16.3 Å². The number of ether oxygens (including phenoxy) is 1. The van der Waals surface area contributed by atoms with Crippen molar-refractivity contribution < 1.29 is 9.84 Å². The van der Waals surface area contributed by atoms with Crippen molar-refractivity contribution in [3.05, 3.63) is 38.3 Å². The molecule has 2 N–H and O–H groups in total. The SMILES string of the molecule is O=c1c2cc(Cl)c(Br)cc2ncn1CC1(C[C@H]2NCCC[C@@H]2O)CO1. The van der Waals surface area contributed by atoms with Crippen molar-refractivity contribution in [2.75, 3.05) is 13.2 Å². The maximum atomic E-state index is 12.8. The monoisotopic (exact) mass is 427 g/mol. The average Bonchev–Trinajstić information content (AvgIpc) is 3.34. The predicted octanol–water partition coefficient (Wildman–Crippen LogP) is 2.08. The molecule has 3 heterocycles. The van der Waals surface area contributed by atoms with E-state index in [1.807, 2.05) is 0 Å². The second kappa shape index (κ2) is 6.63. The fraction of sp³-hybridized carbons (Fsp3) is 0.529. The second-order valence-corrected chi connectivity index (χ2v) is 8.17. The van der Waals surface area contributed by atoms with Gasteiger partial charge in [0.15, 0.2) is 0 Å². The van der Waals surface area contributed by atoms with Crippen LogP contribution in [0.1, 0.15) is 19.3 Å². The van der Waals surface area contributed by atoms with Crippen molar-refractivity contribution in [2.24, 2.45) is 0 Å². The molecular weight excluding hydrogens is 410 g/mol. The van der Waals surface area contributed by atoms with E-state index < -0.39 is 5.60 Å². The van der Waals surface area contributed by atoms with Crippen molar-refractivity contribution in [3.8, 4) is 0 Å². The van der Waals surface area contributed by atoms with Crippen LogP contribution in [0.15, 0.2) is 27.7 Å². The number of benzene rings is 1. The second-order valence-electron chi connectivity index (χ2n) is 6.91. The summed E-state index contributed by atoms with van der Waals surface area (Å²) in [5.74, 6) is 0. The van der Waals surface area contributed by atoms with Crippen molar-refractivity contribution in [2.45, 2.75) is 43.6 Å². The zero-order valence-electron chi connectivity index (χ0n) is 13.5. The fourth-order valence-corrected chi connectivity index (χ4v) is 3.99. The zero-order valence-corrected chi connectivity index (χ0v) is 15.9. The van der Waals surface area contributed by atoms with Gasteiger partial charge in [-0.25, -0.2) is 4.98 Å². The highest BCUT2D eigenvalue weighted by molar-refractivity contribution is 9.10. The molecule has 0 aliphatic carbocycles. The first kappa shape index (κ1) is 17.4. The van der Waals surface area contributed by atoms with Gasteiger partial charge in [-0.2, -0.15) is 0 Å². The third kappa shape index (κ3) is 3.48. The summed E-state index contributed by atoms with van der Waals surface area (Å²) in [4.78, 5) is 17.2. The van der Waals surface area contributed by atoms with Crippen molar-refractivity contribution in [3.63, 3.8) is 0 Å². The van der Waals surface area contributed by atoms with E-state index in [1.54, 1.807) is 23.0 Å². The van der Waals surface area contributed by atoms with Gasteiger partial charge in [-0.15, -0.1) is 0 Å². The average molecular weight is 429 g/mol. The van der Waals surface area contributed by atoms with Crippen LogP contribution in [-0.4, -0.2) is 45.6 Å². The van der Waals surface area contributed by atoms with E-state index in [-0.39, 0.29) is 17.7 Å². The van der Waals surface area contributed by atoms with E-state index in [1.165, 1.54) is 0 Å². The minimum atomic E-state index is -0.408. The van der Waals surface area contributed by atoms with Crippen LogP contribution in [0.3, 0.4) is 0 Å². The van der Waals surface area contributed by atoms with Gasteiger partial charge in [-0.05, 0) is 53.9 Å². The molecule has 1 aromatic carbocycles. The number of piperidine rings is 1. The number of aliphatic hydroxyl groups excluding tert-OH is 1. The Morgan fingerprint density at radius 1 is 1.52 bits per heavy atom. The Morgan fingerprint density at radius 3 is 3.04 bits per heavy atom. The summed E-state index contributed by atoms with van der Waals surface area (Å²) in [6, 6.07) is 3.39. The molecular formula is C17H19BrClN3O3. The summed E-state index contributed by atoms with van der Waals surface area (Å²) in [6.07, 6.45) is 3.66. The first-order valence-corrected chi connectivity index (χ1v) is 9.54. The molecule has 1 aromatic heterocycles. The summed E-state index contributed by atoms with van der Waals surface area (Å²) in [5, 5.41) is 14.5. The van der Waals surface area contributed by atoms with Crippen LogP contribution >= 0.6 is 27.5 Å². The molecule has 25 heavy (non-hydrogen) atoms. The number of aliphatic hydroxyl groups is 1. The summed E-state index contributed by atoms with van der Waals surface area (Å²) >= 11 is 9.47. The quantitative estimate of drug-likeness (QED) is 0.729. The molecule has 1 unspecified atom stereocenters. The largest absolute Gasteiger partial charge is 0.392 e. The minimum absolute atomic E-state index is 0.00534. The third-order valence-electron chi connectivity index (χ3n) is 5.02. The third-order valence-corrected chi connectivity index (χ3v) is 6.21. The lowest BCUT2D eigenvalue weighted by Gasteiger charge is -2.31. The molecule has 2 aromatic rings. The van der Waals surface area contributed by atoms with Crippen LogP contribution < -0.4 is 10.9 Å². The number of aromatic nitrogens is 2. The molecule has 2 saturated heterocycles. The molecule has 0 spiro atoms. The van der Waals surface area contributed by atoms with E-state index in [0.29, 0.717) is 40.0 Å². The molecule has 0 radical (unpaired) electrons. The van der Waals surface area contributed by atoms with Gasteiger partial charge < -0.3 is 15.2 Å². The van der Waals surface area contributed by atoms with E-state index in [9.17, 15) is 9.90 Å². The number of rotatable bonds is 4. The number of hydrogen-bond donors (Lipinski definition) is 2. The molecule has 6 nitrogen and oxygen atoms in total. The van der Waals surface area contributed by atoms with Gasteiger partial charge >= 0.3 is 0 Å². The number of nitrogens with zero attached hydrogens (tertiary/aromatic N) is 2. The summed E-state index contributed by atoms with van der Waals surface area (Å²) in [7, 11) is 0. The van der Waals surface area contributed by atoms with Gasteiger partial charge in [0.05, 0.1) is 41.5 Å². The molecule has 4 rings (SSSR count). The Hall–Kier alpha value is -0.990. The molecule has 3 atom stereocenters. The molecule has 134 valence electrons. The Labute approximate surface area is 158 Å². The predicted molar refractivity (Wildman–Crippen MR) is 99.0 cm³/mol. The van der Waals surface area contributed by atoms with Crippen LogP contribution in [0.25, 0.3) is 10.9 Å². The highest BCUT2D eigenvalue weighted by Gasteiger charge is 2.48. The maximum Gasteiger partial charge on any atom is 0.261 e. The summed E-state index contributed by atoms with van der Waals surface area (Å²) < 4.78 is 7.98. The number of halogens is 2. The Morgan fingerprint density at radius 2 is 2.32 bits per heavy atom. The lowest BCUT2D eigenvalue weighted by atomic mass is 9.92. The zero-order chi connectivity index (χ0) is 17.6. The molecule has 8 heteroatoms. The summed E-state index contributed by atoms with van der Waals surface area (Å²) in [5.41, 5.74) is 0.0630. The Balaban J connectivity index is 1.59. The maximum absolute atomic E-state index is 12.8. The topological polar surface area (TPSA) is 79.7 Å². The van der Waals surface area contributed by atoms with E-state index in [2.05, 4.69) is 26.2 Å². The van der Waals surface area contributed by atoms with E-state index >= 15 is 0 Å². The van der Waals surface area contributed by atoms with Crippen molar-refractivity contribution in [1.29, 1.82) is 0 Å². The van der Waals surface area contributed by atoms with Crippen LogP contribution in [0.5, 0.6) is 0 Å². The van der Waals surface area contributed by atoms with Gasteiger partial charge in [0.2, 0.25) is 0 Å². The van der Waals surface area contributed by atoms with Crippen molar-refractivity contribution >= 4 is 38.4 Å². The first-order chi connectivity index (χ1) is 12.0. The molecule has 2 fully saturated rings. The molecule has 2 aliphatic heterocycles. The normalized spacial score (nSPS) is 29.1. The Bertz CT molecular complexity index is 868. The van der Waals surface area contributed by atoms with Gasteiger partial charge in [0, 0.05) is 10.5 Å². The minimum Gasteiger partial charge on any atom is -0.392 e. The smallest absolute Gasteiger partial charge is 0.261 e. The van der Waals surface area contributed by atoms with Gasteiger partial charge in [0.1, 0.15) is 5.60 Å². The molecule has 0 bridgehead atoms.